The predicted molar refractivity (Wildman–Crippen MR) is 111 cm³/mol. The third kappa shape index (κ3) is 6.19. The largest absolute Gasteiger partial charge is 0.481 e. The van der Waals surface area contributed by atoms with Crippen molar-refractivity contribution in [2.45, 2.75) is 96.9 Å². The van der Waals surface area contributed by atoms with E-state index in [0.717, 1.165) is 0 Å². The summed E-state index contributed by atoms with van der Waals surface area (Å²) in [6.45, 7) is 18.3. The van der Waals surface area contributed by atoms with Crippen LogP contribution in [0.1, 0.15) is 54.9 Å². The van der Waals surface area contributed by atoms with Crippen molar-refractivity contribution in [1.29, 1.82) is 0 Å². The standard InChI is InChI=1S/C20H39NO6Si/c1-13(17(22)23)16(25-8)15-11-14(27-28(9,10)20(5,6)7)12-21(15)18(24)26-19(2,3)4/h13-16H,11-12H2,1-10H3,(H,22,23)/t13-,14-,15-,16-/m1/s1. The van der Waals surface area contributed by atoms with Gasteiger partial charge in [0.2, 0.25) is 0 Å². The molecule has 0 aromatic carbocycles. The minimum Gasteiger partial charge on any atom is -0.481 e. The van der Waals surface area contributed by atoms with Crippen molar-refractivity contribution in [2.75, 3.05) is 13.7 Å². The van der Waals surface area contributed by atoms with Crippen LogP contribution >= 0.6 is 0 Å². The number of likely N-dealkylation sites (tertiary alicyclic amines) is 1. The molecule has 0 radical (unpaired) electrons. The molecule has 0 aliphatic carbocycles. The number of hydrogen-bond donors (Lipinski definition) is 1. The maximum absolute atomic E-state index is 12.8. The monoisotopic (exact) mass is 417 g/mol. The maximum Gasteiger partial charge on any atom is 0.410 e. The number of hydrogen-bond acceptors (Lipinski definition) is 5. The van der Waals surface area contributed by atoms with Gasteiger partial charge in [-0.05, 0) is 52.2 Å². The lowest BCUT2D eigenvalue weighted by atomic mass is 9.95. The molecule has 1 rings (SSSR count). The SMILES string of the molecule is CO[C@@H]([C@H]1C[C@@H](O[Si](C)(C)C(C)(C)C)CN1C(=O)OC(C)(C)C)[C@@H](C)C(=O)O. The lowest BCUT2D eigenvalue weighted by Crippen LogP contribution is -2.49. The molecule has 0 aromatic rings. The number of aliphatic carboxylic acids is 1. The van der Waals surface area contributed by atoms with E-state index in [1.165, 1.54) is 7.11 Å². The first-order chi connectivity index (χ1) is 12.5. The zero-order valence-electron chi connectivity index (χ0n) is 19.2. The van der Waals surface area contributed by atoms with Gasteiger partial charge in [0.05, 0.1) is 24.2 Å². The van der Waals surface area contributed by atoms with Gasteiger partial charge < -0.3 is 19.0 Å². The number of rotatable bonds is 6. The Hall–Kier alpha value is -1.12. The molecule has 0 saturated carbocycles. The van der Waals surface area contributed by atoms with Gasteiger partial charge in [0.15, 0.2) is 8.32 Å². The maximum atomic E-state index is 12.8. The molecule has 8 heteroatoms. The Morgan fingerprint density at radius 3 is 2.07 bits per heavy atom. The first kappa shape index (κ1) is 24.9. The molecule has 1 heterocycles. The first-order valence-electron chi connectivity index (χ1n) is 9.93. The van der Waals surface area contributed by atoms with Crippen molar-refractivity contribution in [3.8, 4) is 0 Å². The van der Waals surface area contributed by atoms with E-state index >= 15 is 0 Å². The molecule has 4 atom stereocenters. The summed E-state index contributed by atoms with van der Waals surface area (Å²) in [7, 11) is -0.555. The van der Waals surface area contributed by atoms with E-state index in [4.69, 9.17) is 13.9 Å². The normalized spacial score (nSPS) is 23.4. The van der Waals surface area contributed by atoms with Crippen LogP contribution in [-0.2, 0) is 18.7 Å². The second-order valence-corrected chi connectivity index (χ2v) is 15.0. The third-order valence-corrected chi connectivity index (χ3v) is 10.3. The van der Waals surface area contributed by atoms with Crippen LogP contribution in [0.4, 0.5) is 4.79 Å². The van der Waals surface area contributed by atoms with E-state index in [-0.39, 0.29) is 11.1 Å². The van der Waals surface area contributed by atoms with E-state index in [9.17, 15) is 14.7 Å². The van der Waals surface area contributed by atoms with Crippen molar-refractivity contribution in [2.24, 2.45) is 5.92 Å². The Bertz CT molecular complexity index is 566. The van der Waals surface area contributed by atoms with E-state index in [1.807, 2.05) is 20.8 Å². The van der Waals surface area contributed by atoms with Gasteiger partial charge >= 0.3 is 12.1 Å². The summed E-state index contributed by atoms with van der Waals surface area (Å²) < 4.78 is 17.6. The molecule has 1 fully saturated rings. The number of amides is 1. The molecule has 28 heavy (non-hydrogen) atoms. The Morgan fingerprint density at radius 1 is 1.14 bits per heavy atom. The Labute approximate surface area is 170 Å². The van der Waals surface area contributed by atoms with Crippen LogP contribution in [0.3, 0.4) is 0 Å². The van der Waals surface area contributed by atoms with Gasteiger partial charge in [0, 0.05) is 13.7 Å². The highest BCUT2D eigenvalue weighted by atomic mass is 28.4. The number of carboxylic acid groups (broad SMARTS) is 1. The minimum absolute atomic E-state index is 0.0385. The third-order valence-electron chi connectivity index (χ3n) is 5.73. The van der Waals surface area contributed by atoms with E-state index in [2.05, 4.69) is 33.9 Å². The quantitative estimate of drug-likeness (QED) is 0.654. The Morgan fingerprint density at radius 2 is 1.68 bits per heavy atom. The minimum atomic E-state index is -2.04. The summed E-state index contributed by atoms with van der Waals surface area (Å²) >= 11 is 0. The molecule has 0 unspecified atom stereocenters. The zero-order chi connectivity index (χ0) is 22.1. The molecule has 0 aromatic heterocycles. The van der Waals surface area contributed by atoms with Crippen LogP contribution in [0, 0.1) is 5.92 Å². The second-order valence-electron chi connectivity index (χ2n) is 10.3. The fourth-order valence-corrected chi connectivity index (χ4v) is 4.54. The average molecular weight is 418 g/mol. The molecule has 1 aliphatic heterocycles. The van der Waals surface area contributed by atoms with Gasteiger partial charge in [0.25, 0.3) is 0 Å². The number of carboxylic acids is 1. The molecule has 1 amide bonds. The molecule has 1 aliphatic rings. The zero-order valence-corrected chi connectivity index (χ0v) is 20.2. The van der Waals surface area contributed by atoms with E-state index in [0.29, 0.717) is 13.0 Å². The molecule has 0 spiro atoms. The molecular weight excluding hydrogens is 378 g/mol. The smallest absolute Gasteiger partial charge is 0.410 e. The van der Waals surface area contributed by atoms with Gasteiger partial charge in [-0.15, -0.1) is 0 Å². The van der Waals surface area contributed by atoms with Crippen LogP contribution in [-0.4, -0.2) is 67.9 Å². The second kappa shape index (κ2) is 8.71. The van der Waals surface area contributed by atoms with Crippen LogP contribution < -0.4 is 0 Å². The lowest BCUT2D eigenvalue weighted by molar-refractivity contribution is -0.147. The van der Waals surface area contributed by atoms with Crippen molar-refractivity contribution < 1.29 is 28.6 Å². The highest BCUT2D eigenvalue weighted by Crippen LogP contribution is 2.40. The van der Waals surface area contributed by atoms with Gasteiger partial charge in [0.1, 0.15) is 5.60 Å². The lowest BCUT2D eigenvalue weighted by Gasteiger charge is -2.38. The Kier molecular flexibility index (Phi) is 7.75. The fourth-order valence-electron chi connectivity index (χ4n) is 3.18. The molecular formula is C20H39NO6Si. The van der Waals surface area contributed by atoms with Gasteiger partial charge in [-0.25, -0.2) is 4.79 Å². The molecule has 1 saturated heterocycles. The summed E-state index contributed by atoms with van der Waals surface area (Å²) in [5, 5.41) is 9.51. The average Bonchev–Trinajstić information content (AvgIpc) is 2.87. The van der Waals surface area contributed by atoms with Crippen molar-refractivity contribution in [3.05, 3.63) is 0 Å². The fraction of sp³-hybridized carbons (Fsp3) is 0.900. The van der Waals surface area contributed by atoms with Crippen molar-refractivity contribution in [1.82, 2.24) is 4.90 Å². The summed E-state index contributed by atoms with van der Waals surface area (Å²) in [4.78, 5) is 26.0. The molecule has 164 valence electrons. The van der Waals surface area contributed by atoms with E-state index < -0.39 is 44.0 Å². The van der Waals surface area contributed by atoms with Crippen LogP contribution in [0.5, 0.6) is 0 Å². The molecule has 0 bridgehead atoms. The number of carbonyl (C=O) groups excluding carboxylic acids is 1. The molecule has 7 nitrogen and oxygen atoms in total. The summed E-state index contributed by atoms with van der Waals surface area (Å²) in [6, 6.07) is -0.416. The number of carbonyl (C=O) groups is 2. The van der Waals surface area contributed by atoms with Gasteiger partial charge in [-0.3, -0.25) is 9.69 Å². The van der Waals surface area contributed by atoms with Crippen LogP contribution in [0.2, 0.25) is 18.1 Å². The van der Waals surface area contributed by atoms with Crippen molar-refractivity contribution in [3.63, 3.8) is 0 Å². The number of ether oxygens (including phenoxy) is 2. The highest BCUT2D eigenvalue weighted by Gasteiger charge is 2.48. The van der Waals surface area contributed by atoms with E-state index in [1.54, 1.807) is 11.8 Å². The van der Waals surface area contributed by atoms with Crippen molar-refractivity contribution >= 4 is 20.4 Å². The summed E-state index contributed by atoms with van der Waals surface area (Å²) in [6.07, 6.45) is -0.740. The molecule has 1 N–H and O–H groups in total. The summed E-state index contributed by atoms with van der Waals surface area (Å²) in [5.74, 6) is -1.71. The number of methoxy groups -OCH3 is 1. The van der Waals surface area contributed by atoms with Gasteiger partial charge in [-0.1, -0.05) is 20.8 Å². The number of nitrogens with zero attached hydrogens (tertiary/aromatic N) is 1. The van der Waals surface area contributed by atoms with Gasteiger partial charge in [-0.2, -0.15) is 0 Å². The highest BCUT2D eigenvalue weighted by molar-refractivity contribution is 6.74. The Balaban J connectivity index is 3.14. The van der Waals surface area contributed by atoms with Crippen LogP contribution in [0.15, 0.2) is 0 Å². The predicted octanol–water partition coefficient (Wildman–Crippen LogP) is 4.12. The van der Waals surface area contributed by atoms with Crippen LogP contribution in [0.25, 0.3) is 0 Å². The summed E-state index contributed by atoms with van der Waals surface area (Å²) in [5.41, 5.74) is -0.638. The topological polar surface area (TPSA) is 85.3 Å². The first-order valence-corrected chi connectivity index (χ1v) is 12.8.